The van der Waals surface area contributed by atoms with Crippen LogP contribution in [0.5, 0.6) is 0 Å². The second-order valence-corrected chi connectivity index (χ2v) is 12.5. The highest BCUT2D eigenvalue weighted by molar-refractivity contribution is 7.92. The number of ether oxygens (including phenoxy) is 1. The van der Waals surface area contributed by atoms with Gasteiger partial charge >= 0.3 is 0 Å². The molecule has 3 aromatic carbocycles. The minimum atomic E-state index is -3.57. The van der Waals surface area contributed by atoms with Crippen LogP contribution in [0.25, 0.3) is 0 Å². The number of carbonyl (C=O) groups excluding carboxylic acids is 1. The molecule has 0 saturated carbocycles. The van der Waals surface area contributed by atoms with E-state index in [4.69, 9.17) is 10.5 Å². The molecule has 216 valence electrons. The highest BCUT2D eigenvalue weighted by atomic mass is 32.2. The average molecular weight is 570 g/mol. The fourth-order valence-corrected chi connectivity index (χ4v) is 4.98. The summed E-state index contributed by atoms with van der Waals surface area (Å²) in [4.78, 5) is 13.2. The second kappa shape index (κ2) is 13.9. The van der Waals surface area contributed by atoms with Crippen LogP contribution in [-0.2, 0) is 27.8 Å². The molecule has 0 spiro atoms. The van der Waals surface area contributed by atoms with Gasteiger partial charge in [-0.1, -0.05) is 62.2 Å². The molecule has 0 fully saturated rings. The van der Waals surface area contributed by atoms with E-state index < -0.39 is 21.6 Å². The molecule has 0 aliphatic rings. The van der Waals surface area contributed by atoms with Crippen molar-refractivity contribution in [1.29, 1.82) is 0 Å². The van der Waals surface area contributed by atoms with Crippen LogP contribution >= 0.6 is 0 Å². The topological polar surface area (TPSA) is 102 Å². The molecule has 1 amide bonds. The third-order valence-electron chi connectivity index (χ3n) is 6.90. The Morgan fingerprint density at radius 3 is 2.38 bits per heavy atom. The summed E-state index contributed by atoms with van der Waals surface area (Å²) in [6, 6.07) is 20.5. The minimum Gasteiger partial charge on any atom is -0.375 e. The van der Waals surface area contributed by atoms with Gasteiger partial charge in [0.05, 0.1) is 31.2 Å². The lowest BCUT2D eigenvalue weighted by Gasteiger charge is -2.30. The summed E-state index contributed by atoms with van der Waals surface area (Å²) in [6.45, 7) is 4.37. The average Bonchev–Trinajstić information content (AvgIpc) is 2.91. The third-order valence-corrected chi connectivity index (χ3v) is 8.11. The Hall–Kier alpha value is -3.27. The lowest BCUT2D eigenvalue weighted by Crippen LogP contribution is -2.46. The number of anilines is 1. The first-order valence-corrected chi connectivity index (χ1v) is 15.3. The van der Waals surface area contributed by atoms with Gasteiger partial charge < -0.3 is 15.8 Å². The van der Waals surface area contributed by atoms with Gasteiger partial charge in [-0.25, -0.2) is 12.8 Å². The van der Waals surface area contributed by atoms with Crippen molar-refractivity contribution in [3.8, 4) is 0 Å². The minimum absolute atomic E-state index is 0.152. The molecule has 0 bridgehead atoms. The van der Waals surface area contributed by atoms with Crippen molar-refractivity contribution in [2.45, 2.75) is 57.7 Å². The molecular weight excluding hydrogens is 529 g/mol. The van der Waals surface area contributed by atoms with E-state index in [-0.39, 0.29) is 23.9 Å². The Morgan fingerprint density at radius 2 is 1.75 bits per heavy atom. The first kappa shape index (κ1) is 31.3. The Bertz CT molecular complexity index is 1370. The van der Waals surface area contributed by atoms with Crippen molar-refractivity contribution in [2.75, 3.05) is 24.2 Å². The monoisotopic (exact) mass is 569 g/mol. The predicted octanol–water partition coefficient (Wildman–Crippen LogP) is 5.36. The van der Waals surface area contributed by atoms with Gasteiger partial charge in [0.2, 0.25) is 10.0 Å². The summed E-state index contributed by atoms with van der Waals surface area (Å²) in [5.41, 5.74) is 9.40. The van der Waals surface area contributed by atoms with Crippen LogP contribution in [0.3, 0.4) is 0 Å². The van der Waals surface area contributed by atoms with E-state index >= 15 is 0 Å². The number of carbonyl (C=O) groups is 1. The van der Waals surface area contributed by atoms with Crippen LogP contribution in [0.2, 0.25) is 0 Å². The molecule has 3 aromatic rings. The largest absolute Gasteiger partial charge is 0.375 e. The molecule has 9 heteroatoms. The van der Waals surface area contributed by atoms with Crippen molar-refractivity contribution in [3.63, 3.8) is 0 Å². The van der Waals surface area contributed by atoms with E-state index in [1.54, 1.807) is 31.2 Å². The summed E-state index contributed by atoms with van der Waals surface area (Å²) >= 11 is 0. The van der Waals surface area contributed by atoms with Gasteiger partial charge in [-0.2, -0.15) is 0 Å². The molecule has 2 atom stereocenters. The number of amides is 1. The van der Waals surface area contributed by atoms with E-state index in [2.05, 4.69) is 24.4 Å². The lowest BCUT2D eigenvalue weighted by molar-refractivity contribution is 0.0683. The quantitative estimate of drug-likeness (QED) is 0.272. The molecule has 0 aromatic heterocycles. The number of benzene rings is 3. The summed E-state index contributed by atoms with van der Waals surface area (Å²) in [5, 5.41) is 2.90. The third kappa shape index (κ3) is 9.15. The van der Waals surface area contributed by atoms with Crippen molar-refractivity contribution in [3.05, 3.63) is 101 Å². The summed E-state index contributed by atoms with van der Waals surface area (Å²) in [6.07, 6.45) is 4.55. The van der Waals surface area contributed by atoms with Crippen LogP contribution in [0.15, 0.2) is 72.8 Å². The zero-order chi connectivity index (χ0) is 29.3. The molecule has 0 saturated heterocycles. The Morgan fingerprint density at radius 1 is 1.07 bits per heavy atom. The number of hydrogen-bond acceptors (Lipinski definition) is 5. The zero-order valence-corrected chi connectivity index (χ0v) is 24.5. The van der Waals surface area contributed by atoms with Gasteiger partial charge in [0.25, 0.3) is 5.91 Å². The number of sulfonamides is 1. The van der Waals surface area contributed by atoms with Crippen molar-refractivity contribution < 1.29 is 22.3 Å². The number of unbranched alkanes of at least 4 members (excludes halogenated alkanes) is 1. The lowest BCUT2D eigenvalue weighted by atomic mass is 9.87. The number of halogens is 1. The molecule has 3 rings (SSSR count). The van der Waals surface area contributed by atoms with E-state index in [1.807, 2.05) is 18.2 Å². The highest BCUT2D eigenvalue weighted by Crippen LogP contribution is 2.24. The van der Waals surface area contributed by atoms with Crippen LogP contribution in [-0.4, -0.2) is 39.8 Å². The molecule has 3 N–H and O–H groups in total. The van der Waals surface area contributed by atoms with Gasteiger partial charge in [-0.3, -0.25) is 9.10 Å². The van der Waals surface area contributed by atoms with Crippen molar-refractivity contribution in [1.82, 2.24) is 5.32 Å². The smallest absolute Gasteiger partial charge is 0.251 e. The van der Waals surface area contributed by atoms with Crippen molar-refractivity contribution in [2.24, 2.45) is 5.73 Å². The Kier molecular flexibility index (Phi) is 10.8. The molecule has 0 aliphatic heterocycles. The fraction of sp³-hybridized carbons (Fsp3) is 0.387. The molecule has 0 aliphatic carbocycles. The highest BCUT2D eigenvalue weighted by Gasteiger charge is 2.26. The van der Waals surface area contributed by atoms with Crippen molar-refractivity contribution >= 4 is 21.6 Å². The molecular formula is C31H40FN3O4S. The zero-order valence-electron chi connectivity index (χ0n) is 23.7. The molecule has 2 unspecified atom stereocenters. The maximum Gasteiger partial charge on any atom is 0.251 e. The van der Waals surface area contributed by atoms with Crippen LogP contribution in [0.4, 0.5) is 10.1 Å². The van der Waals surface area contributed by atoms with E-state index in [1.165, 1.54) is 25.2 Å². The standard InChI is InChI=1S/C31H40FN3O4S/c1-5-6-16-31(33,20-24-10-8-7-9-11-24)22-39-21-25-17-27(19-29(18-25)35(3)40(4,37)38)30(36)34-23(2)26-12-14-28(32)15-13-26/h7-15,17-19,23H,5-6,16,20-22,33H2,1-4H3,(H,34,36). The first-order valence-electron chi connectivity index (χ1n) is 13.4. The van der Waals surface area contributed by atoms with Gasteiger partial charge in [-0.15, -0.1) is 0 Å². The maximum atomic E-state index is 13.3. The molecule has 0 radical (unpaired) electrons. The predicted molar refractivity (Wildman–Crippen MR) is 158 cm³/mol. The summed E-state index contributed by atoms with van der Waals surface area (Å²) in [5.74, 6) is -0.745. The fourth-order valence-electron chi connectivity index (χ4n) is 4.49. The Balaban J connectivity index is 1.80. The van der Waals surface area contributed by atoms with Gasteiger partial charge in [0.15, 0.2) is 0 Å². The number of nitrogens with one attached hydrogen (secondary N) is 1. The first-order chi connectivity index (χ1) is 18.9. The van der Waals surface area contributed by atoms with E-state index in [9.17, 15) is 17.6 Å². The SMILES string of the molecule is CCCCC(N)(COCc1cc(C(=O)NC(C)c2ccc(F)cc2)cc(N(C)S(C)(=O)=O)c1)Cc1ccccc1. The molecule has 7 nitrogen and oxygen atoms in total. The summed E-state index contributed by atoms with van der Waals surface area (Å²) in [7, 11) is -2.13. The van der Waals surface area contributed by atoms with Gasteiger partial charge in [-0.05, 0) is 66.8 Å². The molecule has 40 heavy (non-hydrogen) atoms. The number of hydrogen-bond donors (Lipinski definition) is 2. The maximum absolute atomic E-state index is 13.3. The van der Waals surface area contributed by atoms with E-state index in [0.717, 1.165) is 41.0 Å². The Labute approximate surface area is 237 Å². The number of nitrogens with two attached hydrogens (primary N) is 1. The van der Waals surface area contributed by atoms with Crippen LogP contribution in [0, 0.1) is 5.82 Å². The van der Waals surface area contributed by atoms with Crippen LogP contribution in [0.1, 0.15) is 66.2 Å². The van der Waals surface area contributed by atoms with Gasteiger partial charge in [0.1, 0.15) is 5.82 Å². The van der Waals surface area contributed by atoms with Gasteiger partial charge in [0, 0.05) is 18.2 Å². The van der Waals surface area contributed by atoms with E-state index in [0.29, 0.717) is 24.3 Å². The number of nitrogens with zero attached hydrogens (tertiary/aromatic N) is 1. The van der Waals surface area contributed by atoms with Crippen LogP contribution < -0.4 is 15.4 Å². The molecule has 0 heterocycles. The normalized spacial score (nSPS) is 13.8. The number of rotatable bonds is 14. The second-order valence-electron chi connectivity index (χ2n) is 10.5. The summed E-state index contributed by atoms with van der Waals surface area (Å²) < 4.78 is 45.1.